The van der Waals surface area contributed by atoms with Gasteiger partial charge in [-0.25, -0.2) is 14.2 Å². The van der Waals surface area contributed by atoms with Crippen LogP contribution in [0.25, 0.3) is 0 Å². The first-order valence-corrected chi connectivity index (χ1v) is 10.7. The number of hydroxylamine groups is 1. The van der Waals surface area contributed by atoms with Crippen molar-refractivity contribution in [1.29, 1.82) is 0 Å². The molecule has 0 amide bonds. The normalized spacial score (nSPS) is 18.8. The number of aliphatic hydroxyl groups excluding tert-OH is 1. The van der Waals surface area contributed by atoms with Gasteiger partial charge in [-0.2, -0.15) is 0 Å². The number of anilines is 1. The summed E-state index contributed by atoms with van der Waals surface area (Å²) < 4.78 is 19.4. The maximum atomic E-state index is 13.7. The van der Waals surface area contributed by atoms with Crippen LogP contribution in [0.1, 0.15) is 44.0 Å². The third-order valence-corrected chi connectivity index (χ3v) is 5.17. The fourth-order valence-electron chi connectivity index (χ4n) is 3.75. The lowest BCUT2D eigenvalue weighted by Gasteiger charge is -2.41. The first-order valence-electron chi connectivity index (χ1n) is 10.7. The molecule has 0 unspecified atom stereocenters. The SMILES string of the molecule is CC(C)(C)OC(=O)C1=C(O)[C@@H](c2ccccc2)ON(c2ccccc2)[C@H]1c1ccc(F)cc1. The number of halogens is 1. The van der Waals surface area contributed by atoms with Gasteiger partial charge >= 0.3 is 5.97 Å². The zero-order valence-corrected chi connectivity index (χ0v) is 18.7. The van der Waals surface area contributed by atoms with Gasteiger partial charge in [0.2, 0.25) is 0 Å². The molecule has 3 aromatic rings. The van der Waals surface area contributed by atoms with E-state index in [9.17, 15) is 14.3 Å². The number of rotatable bonds is 4. The number of hydrogen-bond donors (Lipinski definition) is 1. The number of para-hydroxylation sites is 1. The van der Waals surface area contributed by atoms with Crippen molar-refractivity contribution in [2.24, 2.45) is 0 Å². The molecule has 33 heavy (non-hydrogen) atoms. The van der Waals surface area contributed by atoms with E-state index in [4.69, 9.17) is 9.57 Å². The van der Waals surface area contributed by atoms with Gasteiger partial charge in [-0.1, -0.05) is 60.7 Å². The minimum Gasteiger partial charge on any atom is -0.508 e. The summed E-state index contributed by atoms with van der Waals surface area (Å²) in [5.74, 6) is -1.31. The van der Waals surface area contributed by atoms with Crippen LogP contribution in [-0.2, 0) is 14.4 Å². The molecule has 0 spiro atoms. The molecule has 0 radical (unpaired) electrons. The highest BCUT2D eigenvalue weighted by molar-refractivity contribution is 5.92. The van der Waals surface area contributed by atoms with Crippen molar-refractivity contribution in [3.05, 3.63) is 113 Å². The molecular weight excluding hydrogens is 421 g/mol. The molecule has 0 aromatic heterocycles. The highest BCUT2D eigenvalue weighted by Crippen LogP contribution is 2.45. The first-order chi connectivity index (χ1) is 15.7. The number of carbonyl (C=O) groups is 1. The van der Waals surface area contributed by atoms with Crippen LogP contribution in [0.3, 0.4) is 0 Å². The van der Waals surface area contributed by atoms with Crippen LogP contribution >= 0.6 is 0 Å². The summed E-state index contributed by atoms with van der Waals surface area (Å²) in [6.07, 6.45) is -0.925. The molecule has 1 aliphatic rings. The van der Waals surface area contributed by atoms with Gasteiger partial charge in [-0.3, -0.25) is 4.84 Å². The second-order valence-corrected chi connectivity index (χ2v) is 8.81. The van der Waals surface area contributed by atoms with E-state index >= 15 is 0 Å². The van der Waals surface area contributed by atoms with Crippen LogP contribution in [0.2, 0.25) is 0 Å². The van der Waals surface area contributed by atoms with Crippen molar-refractivity contribution in [3.63, 3.8) is 0 Å². The monoisotopic (exact) mass is 447 g/mol. The maximum Gasteiger partial charge on any atom is 0.340 e. The topological polar surface area (TPSA) is 59.0 Å². The molecule has 0 saturated carbocycles. The van der Waals surface area contributed by atoms with Crippen molar-refractivity contribution in [2.45, 2.75) is 38.5 Å². The number of carbonyl (C=O) groups excluding carboxylic acids is 1. The third-order valence-electron chi connectivity index (χ3n) is 5.17. The Bertz CT molecular complexity index is 1140. The summed E-state index contributed by atoms with van der Waals surface area (Å²) in [6.45, 7) is 5.29. The summed E-state index contributed by atoms with van der Waals surface area (Å²) in [5.41, 5.74) is 1.17. The molecule has 3 aromatic carbocycles. The van der Waals surface area contributed by atoms with E-state index in [-0.39, 0.29) is 11.3 Å². The summed E-state index contributed by atoms with van der Waals surface area (Å²) >= 11 is 0. The second kappa shape index (κ2) is 9.08. The van der Waals surface area contributed by atoms with Gasteiger partial charge in [0.25, 0.3) is 0 Å². The Balaban J connectivity index is 1.93. The molecular formula is C27H26FNO4. The molecule has 0 aliphatic carbocycles. The predicted molar refractivity (Wildman–Crippen MR) is 124 cm³/mol. The van der Waals surface area contributed by atoms with Gasteiger partial charge in [-0.05, 0) is 56.2 Å². The lowest BCUT2D eigenvalue weighted by atomic mass is 9.92. The zero-order valence-electron chi connectivity index (χ0n) is 18.7. The molecule has 0 fully saturated rings. The second-order valence-electron chi connectivity index (χ2n) is 8.81. The highest BCUT2D eigenvalue weighted by atomic mass is 19.1. The number of hydrogen-bond acceptors (Lipinski definition) is 5. The quantitative estimate of drug-likeness (QED) is 0.482. The van der Waals surface area contributed by atoms with Crippen LogP contribution in [0.15, 0.2) is 96.3 Å². The first kappa shape index (κ1) is 22.6. The maximum absolute atomic E-state index is 13.7. The van der Waals surface area contributed by atoms with Gasteiger partial charge in [0, 0.05) is 0 Å². The molecule has 170 valence electrons. The molecule has 2 atom stereocenters. The van der Waals surface area contributed by atoms with Crippen molar-refractivity contribution in [3.8, 4) is 0 Å². The summed E-state index contributed by atoms with van der Waals surface area (Å²) in [4.78, 5) is 19.7. The van der Waals surface area contributed by atoms with E-state index in [1.807, 2.05) is 60.7 Å². The van der Waals surface area contributed by atoms with Crippen molar-refractivity contribution < 1.29 is 23.9 Å². The Morgan fingerprint density at radius 3 is 2.06 bits per heavy atom. The molecule has 4 rings (SSSR count). The Hall–Kier alpha value is -3.64. The minimum absolute atomic E-state index is 0.0421. The van der Waals surface area contributed by atoms with Crippen LogP contribution in [0.4, 0.5) is 10.1 Å². The Labute approximate surface area is 192 Å². The van der Waals surface area contributed by atoms with Gasteiger partial charge in [0.05, 0.1) is 5.69 Å². The van der Waals surface area contributed by atoms with Crippen molar-refractivity contribution in [1.82, 2.24) is 0 Å². The third kappa shape index (κ3) is 4.91. The van der Waals surface area contributed by atoms with Crippen molar-refractivity contribution in [2.75, 3.05) is 5.06 Å². The molecule has 0 saturated heterocycles. The van der Waals surface area contributed by atoms with Gasteiger partial charge in [-0.15, -0.1) is 0 Å². The Morgan fingerprint density at radius 2 is 1.48 bits per heavy atom. The summed E-state index contributed by atoms with van der Waals surface area (Å²) in [7, 11) is 0. The number of aliphatic hydroxyl groups is 1. The van der Waals surface area contributed by atoms with E-state index in [2.05, 4.69) is 0 Å². The zero-order chi connectivity index (χ0) is 23.6. The Morgan fingerprint density at radius 1 is 0.909 bits per heavy atom. The summed E-state index contributed by atoms with van der Waals surface area (Å²) in [5, 5.41) is 12.9. The van der Waals surface area contributed by atoms with E-state index in [0.717, 1.165) is 0 Å². The number of ether oxygens (including phenoxy) is 1. The molecule has 0 bridgehead atoms. The van der Waals surface area contributed by atoms with Crippen LogP contribution < -0.4 is 5.06 Å². The van der Waals surface area contributed by atoms with Gasteiger partial charge in [0.15, 0.2) is 6.10 Å². The highest BCUT2D eigenvalue weighted by Gasteiger charge is 2.43. The molecule has 1 aliphatic heterocycles. The van der Waals surface area contributed by atoms with Crippen LogP contribution in [0, 0.1) is 5.82 Å². The number of benzene rings is 3. The van der Waals surface area contributed by atoms with Crippen LogP contribution in [0.5, 0.6) is 0 Å². The van der Waals surface area contributed by atoms with E-state index in [1.165, 1.54) is 12.1 Å². The molecule has 5 nitrogen and oxygen atoms in total. The van der Waals surface area contributed by atoms with E-state index in [0.29, 0.717) is 16.8 Å². The van der Waals surface area contributed by atoms with Crippen LogP contribution in [-0.4, -0.2) is 16.7 Å². The van der Waals surface area contributed by atoms with E-state index < -0.39 is 29.5 Å². The average molecular weight is 448 g/mol. The van der Waals surface area contributed by atoms with Gasteiger partial charge < -0.3 is 9.84 Å². The van der Waals surface area contributed by atoms with E-state index in [1.54, 1.807) is 38.0 Å². The minimum atomic E-state index is -0.925. The largest absolute Gasteiger partial charge is 0.508 e. The predicted octanol–water partition coefficient (Wildman–Crippen LogP) is 6.21. The fraction of sp³-hybridized carbons (Fsp3) is 0.222. The molecule has 1 heterocycles. The fourth-order valence-corrected chi connectivity index (χ4v) is 3.75. The number of esters is 1. The van der Waals surface area contributed by atoms with Gasteiger partial charge in [0.1, 0.15) is 28.8 Å². The molecule has 1 N–H and O–H groups in total. The van der Waals surface area contributed by atoms with Crippen molar-refractivity contribution >= 4 is 11.7 Å². The summed E-state index contributed by atoms with van der Waals surface area (Å²) in [6, 6.07) is 23.3. The smallest absolute Gasteiger partial charge is 0.340 e. The molecule has 6 heteroatoms. The Kier molecular flexibility index (Phi) is 6.20. The standard InChI is InChI=1S/C27H26FNO4/c1-27(2,3)32-26(31)22-23(18-14-16-20(28)17-15-18)29(21-12-8-5-9-13-21)33-25(24(22)30)19-10-6-4-7-11-19/h4-17,23,25,30H,1-3H3/t23-,25+/m0/s1. The lowest BCUT2D eigenvalue weighted by Crippen LogP contribution is -2.41. The lowest BCUT2D eigenvalue weighted by molar-refractivity contribution is -0.152. The number of nitrogens with zero attached hydrogens (tertiary/aromatic N) is 1. The average Bonchev–Trinajstić information content (AvgIpc) is 2.79.